The number of halogens is 4. The molecule has 1 amide bonds. The average Bonchev–Trinajstić information content (AvgIpc) is 3.68. The number of nitrogens with zero attached hydrogens (tertiary/aromatic N) is 7. The molecule has 0 bridgehead atoms. The molecule has 0 N–H and O–H groups in total. The highest BCUT2D eigenvalue weighted by Gasteiger charge is 2.31. The van der Waals surface area contributed by atoms with Crippen LogP contribution in [0.25, 0.3) is 17.1 Å². The zero-order valence-electron chi connectivity index (χ0n) is 22.4. The van der Waals surface area contributed by atoms with Crippen molar-refractivity contribution in [1.29, 1.82) is 0 Å². The largest absolute Gasteiger partial charge is 0.416 e. The van der Waals surface area contributed by atoms with Crippen LogP contribution in [0.1, 0.15) is 21.1 Å². The fourth-order valence-electron chi connectivity index (χ4n) is 4.71. The number of aromatic nitrogens is 5. The SMILES string of the molecule is O=C(c1csc(CSc2nnc(-c3cccnc3)n2-c2ccccc2F)n1)N1CCN(c2cccc(C(F)(F)F)c2)CC1. The fourth-order valence-corrected chi connectivity index (χ4v) is 6.44. The number of hydrogen-bond donors (Lipinski definition) is 0. The molecule has 6 rings (SSSR count). The lowest BCUT2D eigenvalue weighted by molar-refractivity contribution is -0.137. The molecule has 0 atom stereocenters. The number of pyridine rings is 1. The number of thioether (sulfide) groups is 1. The number of amides is 1. The van der Waals surface area contributed by atoms with E-state index in [1.807, 2.05) is 11.0 Å². The molecule has 1 saturated heterocycles. The number of alkyl halides is 3. The summed E-state index contributed by atoms with van der Waals surface area (Å²) < 4.78 is 55.9. The Morgan fingerprint density at radius 1 is 0.977 bits per heavy atom. The van der Waals surface area contributed by atoms with Crippen molar-refractivity contribution in [3.8, 4) is 17.1 Å². The molecule has 5 aromatic rings. The molecule has 3 aromatic heterocycles. The van der Waals surface area contributed by atoms with Gasteiger partial charge in [-0.25, -0.2) is 9.37 Å². The van der Waals surface area contributed by atoms with Gasteiger partial charge in [0.05, 0.1) is 17.0 Å². The van der Waals surface area contributed by atoms with Crippen LogP contribution in [-0.4, -0.2) is 61.7 Å². The summed E-state index contributed by atoms with van der Waals surface area (Å²) in [6, 6.07) is 15.2. The predicted octanol–water partition coefficient (Wildman–Crippen LogP) is 6.20. The first-order chi connectivity index (χ1) is 20.8. The molecule has 0 spiro atoms. The Morgan fingerprint density at radius 2 is 1.79 bits per heavy atom. The Bertz CT molecular complexity index is 1730. The lowest BCUT2D eigenvalue weighted by atomic mass is 10.1. The van der Waals surface area contributed by atoms with Gasteiger partial charge in [0, 0.05) is 55.2 Å². The average molecular weight is 626 g/mol. The van der Waals surface area contributed by atoms with Crippen LogP contribution < -0.4 is 4.90 Å². The molecule has 0 saturated carbocycles. The molecular formula is C29H23F4N7OS2. The summed E-state index contributed by atoms with van der Waals surface area (Å²) in [5, 5.41) is 11.4. The summed E-state index contributed by atoms with van der Waals surface area (Å²) in [6.07, 6.45) is -1.14. The monoisotopic (exact) mass is 625 g/mol. The minimum absolute atomic E-state index is 0.232. The van der Waals surface area contributed by atoms with Crippen molar-refractivity contribution in [3.05, 3.63) is 101 Å². The van der Waals surface area contributed by atoms with Crippen LogP contribution in [0.15, 0.2) is 83.6 Å². The Balaban J connectivity index is 1.12. The standard InChI is InChI=1S/C29H23F4N7OS2/c30-22-8-1-2-9-24(22)40-26(19-5-4-10-34-16-19)36-37-28(40)43-18-25-35-23(17-42-25)27(41)39-13-11-38(12-14-39)21-7-3-6-20(15-21)29(31,32)33/h1-10,15-17H,11-14,18H2. The van der Waals surface area contributed by atoms with Gasteiger partial charge in [0.1, 0.15) is 16.5 Å². The maximum absolute atomic E-state index is 14.8. The zero-order chi connectivity index (χ0) is 30.0. The molecule has 1 fully saturated rings. The molecule has 1 aliphatic heterocycles. The maximum Gasteiger partial charge on any atom is 0.416 e. The number of thiazole rings is 1. The normalized spacial score (nSPS) is 13.9. The van der Waals surface area contributed by atoms with Crippen LogP contribution in [0.5, 0.6) is 0 Å². The van der Waals surface area contributed by atoms with Gasteiger partial charge in [0.15, 0.2) is 11.0 Å². The topological polar surface area (TPSA) is 80.0 Å². The van der Waals surface area contributed by atoms with Crippen LogP contribution in [0.3, 0.4) is 0 Å². The molecule has 43 heavy (non-hydrogen) atoms. The van der Waals surface area contributed by atoms with Gasteiger partial charge in [-0.3, -0.25) is 14.3 Å². The van der Waals surface area contributed by atoms with Gasteiger partial charge in [-0.1, -0.05) is 30.0 Å². The van der Waals surface area contributed by atoms with Crippen molar-refractivity contribution in [3.63, 3.8) is 0 Å². The highest BCUT2D eigenvalue weighted by Crippen LogP contribution is 2.33. The molecule has 1 aliphatic rings. The number of piperazine rings is 1. The van der Waals surface area contributed by atoms with E-state index < -0.39 is 17.6 Å². The first kappa shape index (κ1) is 28.8. The Morgan fingerprint density at radius 3 is 2.53 bits per heavy atom. The Kier molecular flexibility index (Phi) is 8.13. The second-order valence-electron chi connectivity index (χ2n) is 9.58. The molecule has 220 valence electrons. The van der Waals surface area contributed by atoms with E-state index in [-0.39, 0.29) is 5.91 Å². The number of rotatable bonds is 7. The molecular weight excluding hydrogens is 602 g/mol. The molecule has 0 radical (unpaired) electrons. The number of hydrogen-bond acceptors (Lipinski definition) is 8. The van der Waals surface area contributed by atoms with Crippen LogP contribution in [0.2, 0.25) is 0 Å². The zero-order valence-corrected chi connectivity index (χ0v) is 24.0. The van der Waals surface area contributed by atoms with E-state index in [1.165, 1.54) is 35.2 Å². The van der Waals surface area contributed by atoms with Gasteiger partial charge >= 0.3 is 6.18 Å². The van der Waals surface area contributed by atoms with E-state index in [4.69, 9.17) is 0 Å². The van der Waals surface area contributed by atoms with Crippen LogP contribution in [0, 0.1) is 5.82 Å². The summed E-state index contributed by atoms with van der Waals surface area (Å²) in [5.74, 6) is 0.162. The van der Waals surface area contributed by atoms with Gasteiger partial charge < -0.3 is 9.80 Å². The van der Waals surface area contributed by atoms with E-state index in [9.17, 15) is 22.4 Å². The molecule has 0 unspecified atom stereocenters. The molecule has 2 aromatic carbocycles. The number of para-hydroxylation sites is 1. The molecule has 14 heteroatoms. The first-order valence-corrected chi connectivity index (χ1v) is 15.0. The summed E-state index contributed by atoms with van der Waals surface area (Å²) in [4.78, 5) is 25.3. The number of benzene rings is 2. The fraction of sp³-hybridized carbons (Fsp3) is 0.207. The van der Waals surface area contributed by atoms with Gasteiger partial charge in [0.2, 0.25) is 0 Å². The van der Waals surface area contributed by atoms with Crippen LogP contribution in [-0.2, 0) is 11.9 Å². The van der Waals surface area contributed by atoms with Gasteiger partial charge in [0.25, 0.3) is 5.91 Å². The minimum Gasteiger partial charge on any atom is -0.368 e. The third-order valence-electron chi connectivity index (χ3n) is 6.85. The van der Waals surface area contributed by atoms with Crippen LogP contribution >= 0.6 is 23.1 Å². The quantitative estimate of drug-likeness (QED) is 0.158. The van der Waals surface area contributed by atoms with Crippen molar-refractivity contribution < 1.29 is 22.4 Å². The third-order valence-corrected chi connectivity index (χ3v) is 8.82. The Labute approximate surface area is 252 Å². The first-order valence-electron chi connectivity index (χ1n) is 13.2. The summed E-state index contributed by atoms with van der Waals surface area (Å²) in [6.45, 7) is 1.54. The minimum atomic E-state index is -4.41. The van der Waals surface area contributed by atoms with Crippen molar-refractivity contribution in [2.45, 2.75) is 17.1 Å². The lowest BCUT2D eigenvalue weighted by Crippen LogP contribution is -2.49. The molecule has 0 aliphatic carbocycles. The number of carbonyl (C=O) groups excluding carboxylic acids is 1. The van der Waals surface area contributed by atoms with E-state index in [0.717, 1.165) is 12.1 Å². The van der Waals surface area contributed by atoms with E-state index >= 15 is 0 Å². The highest BCUT2D eigenvalue weighted by molar-refractivity contribution is 7.98. The van der Waals surface area contributed by atoms with Crippen molar-refractivity contribution in [2.75, 3.05) is 31.1 Å². The Hall–Kier alpha value is -4.30. The van der Waals surface area contributed by atoms with Gasteiger partial charge in [-0.2, -0.15) is 13.2 Å². The molecule has 4 heterocycles. The summed E-state index contributed by atoms with van der Waals surface area (Å²) in [5.41, 5.74) is 1.06. The lowest BCUT2D eigenvalue weighted by Gasteiger charge is -2.36. The third kappa shape index (κ3) is 6.25. The van der Waals surface area contributed by atoms with E-state index in [0.29, 0.717) is 70.6 Å². The number of anilines is 1. The highest BCUT2D eigenvalue weighted by atomic mass is 32.2. The number of carbonyl (C=O) groups is 1. The van der Waals surface area contributed by atoms with Crippen LogP contribution in [0.4, 0.5) is 23.2 Å². The summed E-state index contributed by atoms with van der Waals surface area (Å²) >= 11 is 2.65. The smallest absolute Gasteiger partial charge is 0.368 e. The predicted molar refractivity (Wildman–Crippen MR) is 156 cm³/mol. The summed E-state index contributed by atoms with van der Waals surface area (Å²) in [7, 11) is 0. The van der Waals surface area contributed by atoms with Crippen molar-refractivity contribution in [2.24, 2.45) is 0 Å². The molecule has 8 nitrogen and oxygen atoms in total. The second-order valence-corrected chi connectivity index (χ2v) is 11.5. The van der Waals surface area contributed by atoms with E-state index in [1.54, 1.807) is 57.6 Å². The van der Waals surface area contributed by atoms with Crippen molar-refractivity contribution >= 4 is 34.7 Å². The van der Waals surface area contributed by atoms with Gasteiger partial charge in [-0.15, -0.1) is 21.5 Å². The second kappa shape index (κ2) is 12.1. The maximum atomic E-state index is 14.8. The van der Waals surface area contributed by atoms with Crippen molar-refractivity contribution in [1.82, 2.24) is 29.6 Å². The van der Waals surface area contributed by atoms with E-state index in [2.05, 4.69) is 20.2 Å². The van der Waals surface area contributed by atoms with Gasteiger partial charge in [-0.05, 0) is 42.5 Å².